The van der Waals surface area contributed by atoms with Gasteiger partial charge in [0.1, 0.15) is 5.76 Å². The van der Waals surface area contributed by atoms with Crippen LogP contribution in [0.4, 0.5) is 0 Å². The summed E-state index contributed by atoms with van der Waals surface area (Å²) in [7, 11) is 0. The summed E-state index contributed by atoms with van der Waals surface area (Å²) in [5.41, 5.74) is 2.48. The third-order valence-corrected chi connectivity index (χ3v) is 5.75. The molecule has 2 aliphatic carbocycles. The molecule has 0 radical (unpaired) electrons. The molecule has 0 spiro atoms. The summed E-state index contributed by atoms with van der Waals surface area (Å²) < 4.78 is 5.93. The molecule has 136 valence electrons. The molecule has 1 unspecified atom stereocenters. The van der Waals surface area contributed by atoms with Crippen molar-refractivity contribution in [2.75, 3.05) is 0 Å². The van der Waals surface area contributed by atoms with Crippen LogP contribution in [0.2, 0.25) is 0 Å². The average molecular weight is 351 g/mol. The standard InChI is InChI=1S/C22H25NO3/c1-14-20-18(24)9-6-10-19(20)26-21(14)22(25)23(15(2)17-11-12-17)13-16-7-4-3-5-8-16/h3-5,7-8,15,17H,6,9-13H2,1-2H3. The minimum Gasteiger partial charge on any atom is -0.455 e. The third kappa shape index (κ3) is 3.09. The second-order valence-corrected chi connectivity index (χ2v) is 7.63. The highest BCUT2D eigenvalue weighted by Gasteiger charge is 2.37. The summed E-state index contributed by atoms with van der Waals surface area (Å²) >= 11 is 0. The molecule has 1 saturated carbocycles. The molecule has 1 fully saturated rings. The summed E-state index contributed by atoms with van der Waals surface area (Å²) in [6.07, 6.45) is 4.44. The van der Waals surface area contributed by atoms with Crippen LogP contribution in [-0.2, 0) is 13.0 Å². The molecule has 4 heteroatoms. The van der Waals surface area contributed by atoms with E-state index in [9.17, 15) is 9.59 Å². The van der Waals surface area contributed by atoms with Gasteiger partial charge in [-0.15, -0.1) is 0 Å². The van der Waals surface area contributed by atoms with Crippen LogP contribution in [-0.4, -0.2) is 22.6 Å². The van der Waals surface area contributed by atoms with E-state index in [-0.39, 0.29) is 17.7 Å². The Morgan fingerprint density at radius 3 is 2.62 bits per heavy atom. The molecule has 1 aromatic heterocycles. The van der Waals surface area contributed by atoms with Gasteiger partial charge in [0, 0.05) is 31.0 Å². The summed E-state index contributed by atoms with van der Waals surface area (Å²) in [6.45, 7) is 4.54. The van der Waals surface area contributed by atoms with Crippen molar-refractivity contribution in [3.63, 3.8) is 0 Å². The molecule has 1 aromatic carbocycles. The maximum Gasteiger partial charge on any atom is 0.290 e. The fourth-order valence-corrected chi connectivity index (χ4v) is 4.00. The van der Waals surface area contributed by atoms with Crippen molar-refractivity contribution < 1.29 is 14.0 Å². The lowest BCUT2D eigenvalue weighted by Crippen LogP contribution is -2.39. The second-order valence-electron chi connectivity index (χ2n) is 7.63. The quantitative estimate of drug-likeness (QED) is 0.794. The van der Waals surface area contributed by atoms with E-state index in [1.54, 1.807) is 0 Å². The fourth-order valence-electron chi connectivity index (χ4n) is 4.00. The number of furan rings is 1. The van der Waals surface area contributed by atoms with E-state index in [4.69, 9.17) is 4.42 Å². The van der Waals surface area contributed by atoms with E-state index < -0.39 is 0 Å². The van der Waals surface area contributed by atoms with Crippen molar-refractivity contribution in [1.29, 1.82) is 0 Å². The monoisotopic (exact) mass is 351 g/mol. The van der Waals surface area contributed by atoms with E-state index in [1.165, 1.54) is 12.8 Å². The van der Waals surface area contributed by atoms with Gasteiger partial charge in [0.05, 0.1) is 5.56 Å². The predicted octanol–water partition coefficient (Wildman–Crippen LogP) is 4.55. The number of carbonyl (C=O) groups is 2. The Kier molecular flexibility index (Phi) is 4.43. The zero-order valence-electron chi connectivity index (χ0n) is 15.5. The Morgan fingerprint density at radius 2 is 1.96 bits per heavy atom. The minimum atomic E-state index is -0.0899. The molecule has 4 nitrogen and oxygen atoms in total. The van der Waals surface area contributed by atoms with Crippen molar-refractivity contribution in [3.05, 3.63) is 58.5 Å². The van der Waals surface area contributed by atoms with Crippen LogP contribution in [0.3, 0.4) is 0 Å². The first-order chi connectivity index (χ1) is 12.6. The van der Waals surface area contributed by atoms with Gasteiger partial charge in [0.2, 0.25) is 0 Å². The number of benzene rings is 1. The van der Waals surface area contributed by atoms with Crippen molar-refractivity contribution in [1.82, 2.24) is 4.90 Å². The molecule has 0 aliphatic heterocycles. The number of Topliss-reactive ketones (excluding diaryl/α,β-unsaturated/α-hetero) is 1. The molecule has 0 bridgehead atoms. The van der Waals surface area contributed by atoms with E-state index in [0.717, 1.165) is 24.0 Å². The average Bonchev–Trinajstić information content (AvgIpc) is 3.44. The number of hydrogen-bond donors (Lipinski definition) is 0. The van der Waals surface area contributed by atoms with E-state index in [0.29, 0.717) is 36.0 Å². The lowest BCUT2D eigenvalue weighted by molar-refractivity contribution is 0.0618. The van der Waals surface area contributed by atoms with Crippen molar-refractivity contribution in [2.45, 2.75) is 58.5 Å². The smallest absolute Gasteiger partial charge is 0.290 e. The third-order valence-electron chi connectivity index (χ3n) is 5.75. The van der Waals surface area contributed by atoms with Gasteiger partial charge in [-0.3, -0.25) is 9.59 Å². The van der Waals surface area contributed by atoms with Crippen LogP contribution < -0.4 is 0 Å². The number of amides is 1. The van der Waals surface area contributed by atoms with Crippen LogP contribution in [0, 0.1) is 12.8 Å². The van der Waals surface area contributed by atoms with Crippen molar-refractivity contribution in [2.24, 2.45) is 5.92 Å². The molecular weight excluding hydrogens is 326 g/mol. The SMILES string of the molecule is Cc1c(C(=O)N(Cc2ccccc2)C(C)C2CC2)oc2c1C(=O)CCC2. The molecule has 1 atom stereocenters. The Balaban J connectivity index is 1.67. The molecule has 2 aliphatic rings. The molecule has 26 heavy (non-hydrogen) atoms. The van der Waals surface area contributed by atoms with Crippen LogP contribution in [0.5, 0.6) is 0 Å². The normalized spacial score (nSPS) is 17.7. The number of fused-ring (bicyclic) bond motifs is 1. The van der Waals surface area contributed by atoms with Gasteiger partial charge < -0.3 is 9.32 Å². The second kappa shape index (κ2) is 6.75. The lowest BCUT2D eigenvalue weighted by Gasteiger charge is -2.29. The number of carbonyl (C=O) groups excluding carboxylic acids is 2. The summed E-state index contributed by atoms with van der Waals surface area (Å²) in [6, 6.07) is 10.2. The number of ketones is 1. The van der Waals surface area contributed by atoms with Crippen LogP contribution >= 0.6 is 0 Å². The maximum atomic E-state index is 13.4. The topological polar surface area (TPSA) is 50.5 Å². The Hall–Kier alpha value is -2.36. The predicted molar refractivity (Wildman–Crippen MR) is 99.2 cm³/mol. The number of aryl methyl sites for hydroxylation is 1. The van der Waals surface area contributed by atoms with Gasteiger partial charge in [0.25, 0.3) is 5.91 Å². The maximum absolute atomic E-state index is 13.4. The van der Waals surface area contributed by atoms with Gasteiger partial charge in [0.15, 0.2) is 11.5 Å². The zero-order chi connectivity index (χ0) is 18.3. The summed E-state index contributed by atoms with van der Waals surface area (Å²) in [5, 5.41) is 0. The molecule has 0 N–H and O–H groups in total. The number of nitrogens with zero attached hydrogens (tertiary/aromatic N) is 1. The van der Waals surface area contributed by atoms with Gasteiger partial charge in [-0.05, 0) is 44.6 Å². The van der Waals surface area contributed by atoms with Crippen molar-refractivity contribution in [3.8, 4) is 0 Å². The van der Waals surface area contributed by atoms with Crippen LogP contribution in [0.15, 0.2) is 34.7 Å². The van der Waals surface area contributed by atoms with Gasteiger partial charge in [-0.1, -0.05) is 30.3 Å². The van der Waals surface area contributed by atoms with Crippen LogP contribution in [0.1, 0.15) is 70.4 Å². The van der Waals surface area contributed by atoms with E-state index in [2.05, 4.69) is 6.92 Å². The molecule has 2 aromatic rings. The number of hydrogen-bond acceptors (Lipinski definition) is 3. The number of rotatable bonds is 5. The van der Waals surface area contributed by atoms with Crippen molar-refractivity contribution >= 4 is 11.7 Å². The molecule has 0 saturated heterocycles. The molecule has 1 heterocycles. The van der Waals surface area contributed by atoms with E-state index in [1.807, 2.05) is 42.2 Å². The Bertz CT molecular complexity index is 833. The van der Waals surface area contributed by atoms with Crippen LogP contribution in [0.25, 0.3) is 0 Å². The molecular formula is C22H25NO3. The first kappa shape index (κ1) is 17.1. The highest BCUT2D eigenvalue weighted by Crippen LogP contribution is 2.37. The molecule has 1 amide bonds. The highest BCUT2D eigenvalue weighted by atomic mass is 16.4. The van der Waals surface area contributed by atoms with Gasteiger partial charge >= 0.3 is 0 Å². The van der Waals surface area contributed by atoms with Gasteiger partial charge in [-0.2, -0.15) is 0 Å². The summed E-state index contributed by atoms with van der Waals surface area (Å²) in [4.78, 5) is 27.6. The van der Waals surface area contributed by atoms with E-state index >= 15 is 0 Å². The zero-order valence-corrected chi connectivity index (χ0v) is 15.5. The molecule has 4 rings (SSSR count). The Morgan fingerprint density at radius 1 is 1.23 bits per heavy atom. The van der Waals surface area contributed by atoms with Gasteiger partial charge in [-0.25, -0.2) is 0 Å². The largest absolute Gasteiger partial charge is 0.455 e. The summed E-state index contributed by atoms with van der Waals surface area (Å²) in [5.74, 6) is 1.63. The minimum absolute atomic E-state index is 0.0899. The lowest BCUT2D eigenvalue weighted by atomic mass is 9.94. The first-order valence-electron chi connectivity index (χ1n) is 9.56. The highest BCUT2D eigenvalue weighted by molar-refractivity contribution is 6.03. The first-order valence-corrected chi connectivity index (χ1v) is 9.56. The Labute approximate surface area is 154 Å². The fraction of sp³-hybridized carbons (Fsp3) is 0.455.